The molecule has 2 nitrogen and oxygen atoms in total. The number of anilines is 1. The van der Waals surface area contributed by atoms with Gasteiger partial charge in [-0.15, -0.1) is 0 Å². The Hall–Kier alpha value is -3.78. The molecule has 1 heterocycles. The predicted molar refractivity (Wildman–Crippen MR) is 140 cm³/mol. The van der Waals surface area contributed by atoms with Gasteiger partial charge in [0.15, 0.2) is 0 Å². The van der Waals surface area contributed by atoms with Crippen molar-refractivity contribution < 1.29 is 4.74 Å². The molecule has 0 saturated carbocycles. The maximum Gasteiger partial charge on any atom is 0.118 e. The van der Waals surface area contributed by atoms with Crippen molar-refractivity contribution in [2.24, 2.45) is 0 Å². The van der Waals surface area contributed by atoms with Gasteiger partial charge in [0, 0.05) is 29.4 Å². The fourth-order valence-corrected chi connectivity index (χ4v) is 5.69. The largest absolute Gasteiger partial charge is 0.497 e. The highest BCUT2D eigenvalue weighted by atomic mass is 16.5. The maximum absolute atomic E-state index is 5.40. The standard InChI is InChI=1S/C32H29NO/c1-22-12-19-30-29(20-22)31(25-9-4-3-5-10-25)28-18-15-24-8-6-7-11-27(24)32(28)33(30)21-23-13-16-26(34-2)17-14-23/h3-14,16-17,19-20,31H,15,18,21H2,1-2H3/t31-/m0/s1. The molecule has 1 aliphatic heterocycles. The first-order chi connectivity index (χ1) is 16.7. The first-order valence-corrected chi connectivity index (χ1v) is 12.1. The molecule has 0 unspecified atom stereocenters. The van der Waals surface area contributed by atoms with Crippen LogP contribution in [0.5, 0.6) is 5.75 Å². The molecule has 0 spiro atoms. The van der Waals surface area contributed by atoms with E-state index in [0.29, 0.717) is 0 Å². The molecule has 0 fully saturated rings. The molecule has 0 radical (unpaired) electrons. The second-order valence-corrected chi connectivity index (χ2v) is 9.37. The van der Waals surface area contributed by atoms with E-state index in [0.717, 1.165) is 25.1 Å². The van der Waals surface area contributed by atoms with E-state index in [2.05, 4.69) is 109 Å². The van der Waals surface area contributed by atoms with E-state index >= 15 is 0 Å². The van der Waals surface area contributed by atoms with Crippen molar-refractivity contribution in [2.45, 2.75) is 32.2 Å². The number of fused-ring (bicyclic) bond motifs is 3. The average molecular weight is 444 g/mol. The molecule has 6 rings (SSSR count). The van der Waals surface area contributed by atoms with Crippen LogP contribution < -0.4 is 9.64 Å². The van der Waals surface area contributed by atoms with Crippen LogP contribution in [0, 0.1) is 6.92 Å². The van der Waals surface area contributed by atoms with Gasteiger partial charge >= 0.3 is 0 Å². The van der Waals surface area contributed by atoms with Gasteiger partial charge in [0.25, 0.3) is 0 Å². The van der Waals surface area contributed by atoms with Crippen LogP contribution in [0.4, 0.5) is 5.69 Å². The smallest absolute Gasteiger partial charge is 0.118 e. The fourth-order valence-electron chi connectivity index (χ4n) is 5.69. The van der Waals surface area contributed by atoms with Gasteiger partial charge in [0.2, 0.25) is 0 Å². The lowest BCUT2D eigenvalue weighted by Crippen LogP contribution is -2.32. The minimum absolute atomic E-state index is 0.284. The number of allylic oxidation sites excluding steroid dienone is 1. The van der Waals surface area contributed by atoms with E-state index in [1.807, 2.05) is 0 Å². The van der Waals surface area contributed by atoms with Crippen LogP contribution >= 0.6 is 0 Å². The molecule has 34 heavy (non-hydrogen) atoms. The van der Waals surface area contributed by atoms with Gasteiger partial charge in [-0.05, 0) is 65.8 Å². The summed E-state index contributed by atoms with van der Waals surface area (Å²) in [4.78, 5) is 2.56. The lowest BCUT2D eigenvalue weighted by molar-refractivity contribution is 0.414. The third kappa shape index (κ3) is 3.51. The van der Waals surface area contributed by atoms with Crippen LogP contribution in [0.2, 0.25) is 0 Å². The zero-order chi connectivity index (χ0) is 23.1. The maximum atomic E-state index is 5.40. The van der Waals surface area contributed by atoms with Gasteiger partial charge in [0.05, 0.1) is 7.11 Å². The monoisotopic (exact) mass is 443 g/mol. The summed E-state index contributed by atoms with van der Waals surface area (Å²) in [6.45, 7) is 3.03. The lowest BCUT2D eigenvalue weighted by Gasteiger charge is -2.43. The van der Waals surface area contributed by atoms with Crippen LogP contribution in [0.1, 0.15) is 45.7 Å². The molecule has 168 valence electrons. The summed E-state index contributed by atoms with van der Waals surface area (Å²) < 4.78 is 5.40. The van der Waals surface area contributed by atoms with E-state index in [4.69, 9.17) is 4.74 Å². The van der Waals surface area contributed by atoms with Gasteiger partial charge in [0.1, 0.15) is 5.75 Å². The molecule has 0 saturated heterocycles. The average Bonchev–Trinajstić information content (AvgIpc) is 2.89. The topological polar surface area (TPSA) is 12.5 Å². The van der Waals surface area contributed by atoms with Crippen LogP contribution in [0.25, 0.3) is 5.70 Å². The normalized spacial score (nSPS) is 16.5. The molecular formula is C32H29NO. The van der Waals surface area contributed by atoms with E-state index < -0.39 is 0 Å². The molecule has 0 amide bonds. The van der Waals surface area contributed by atoms with Crippen molar-refractivity contribution in [3.8, 4) is 5.75 Å². The van der Waals surface area contributed by atoms with Crippen molar-refractivity contribution in [3.63, 3.8) is 0 Å². The Bertz CT molecular complexity index is 1370. The molecule has 0 N–H and O–H groups in total. The first kappa shape index (κ1) is 20.8. The Kier molecular flexibility index (Phi) is 5.22. The molecule has 1 aliphatic carbocycles. The molecule has 0 aromatic heterocycles. The number of methoxy groups -OCH3 is 1. The van der Waals surface area contributed by atoms with Crippen LogP contribution in [-0.2, 0) is 13.0 Å². The summed E-state index contributed by atoms with van der Waals surface area (Å²) in [5.74, 6) is 1.18. The summed E-state index contributed by atoms with van der Waals surface area (Å²) in [6.07, 6.45) is 2.17. The third-order valence-corrected chi connectivity index (χ3v) is 7.28. The fraction of sp³-hybridized carbons (Fsp3) is 0.188. The zero-order valence-electron chi connectivity index (χ0n) is 19.8. The van der Waals surface area contributed by atoms with Crippen LogP contribution in [0.15, 0.2) is 103 Å². The van der Waals surface area contributed by atoms with E-state index in [-0.39, 0.29) is 5.92 Å². The number of benzene rings is 4. The molecular weight excluding hydrogens is 414 g/mol. The van der Waals surface area contributed by atoms with Crippen molar-refractivity contribution in [3.05, 3.63) is 136 Å². The van der Waals surface area contributed by atoms with E-state index in [9.17, 15) is 0 Å². The summed E-state index contributed by atoms with van der Waals surface area (Å²) in [6, 6.07) is 35.5. The molecule has 1 atom stereocenters. The second-order valence-electron chi connectivity index (χ2n) is 9.37. The van der Waals surface area contributed by atoms with Crippen molar-refractivity contribution >= 4 is 11.4 Å². The number of hydrogen-bond donors (Lipinski definition) is 0. The third-order valence-electron chi connectivity index (χ3n) is 7.28. The quantitative estimate of drug-likeness (QED) is 0.323. The molecule has 2 aliphatic rings. The van der Waals surface area contributed by atoms with E-state index in [1.54, 1.807) is 7.11 Å². The minimum Gasteiger partial charge on any atom is -0.497 e. The summed E-state index contributed by atoms with van der Waals surface area (Å²) in [5, 5.41) is 0. The highest BCUT2D eigenvalue weighted by Crippen LogP contribution is 2.52. The van der Waals surface area contributed by atoms with Crippen molar-refractivity contribution in [1.82, 2.24) is 0 Å². The minimum atomic E-state index is 0.284. The summed E-state index contributed by atoms with van der Waals surface area (Å²) >= 11 is 0. The Morgan fingerprint density at radius 3 is 2.38 bits per heavy atom. The Morgan fingerprint density at radius 2 is 1.59 bits per heavy atom. The summed E-state index contributed by atoms with van der Waals surface area (Å²) in [5.41, 5.74) is 12.4. The number of ether oxygens (including phenoxy) is 1. The molecule has 4 aromatic rings. The zero-order valence-corrected chi connectivity index (χ0v) is 19.8. The van der Waals surface area contributed by atoms with Gasteiger partial charge in [-0.3, -0.25) is 0 Å². The highest BCUT2D eigenvalue weighted by Gasteiger charge is 2.36. The van der Waals surface area contributed by atoms with Gasteiger partial charge < -0.3 is 9.64 Å². The lowest BCUT2D eigenvalue weighted by atomic mass is 9.73. The SMILES string of the molecule is COc1ccc(CN2C3=C(CCc4ccccc43)[C@H](c3ccccc3)c3cc(C)ccc32)cc1. The Balaban J connectivity index is 1.58. The molecule has 0 bridgehead atoms. The number of hydrogen-bond acceptors (Lipinski definition) is 2. The second kappa shape index (κ2) is 8.53. The van der Waals surface area contributed by atoms with Gasteiger partial charge in [-0.2, -0.15) is 0 Å². The number of aryl methyl sites for hydroxylation is 2. The molecule has 2 heteroatoms. The van der Waals surface area contributed by atoms with Gasteiger partial charge in [-0.25, -0.2) is 0 Å². The molecule has 4 aromatic carbocycles. The van der Waals surface area contributed by atoms with Crippen LogP contribution in [0.3, 0.4) is 0 Å². The number of rotatable bonds is 4. The summed E-state index contributed by atoms with van der Waals surface area (Å²) in [7, 11) is 1.72. The van der Waals surface area contributed by atoms with Crippen molar-refractivity contribution in [2.75, 3.05) is 12.0 Å². The van der Waals surface area contributed by atoms with Crippen LogP contribution in [-0.4, -0.2) is 7.11 Å². The Morgan fingerprint density at radius 1 is 0.824 bits per heavy atom. The predicted octanol–water partition coefficient (Wildman–Crippen LogP) is 7.51. The van der Waals surface area contributed by atoms with E-state index in [1.165, 1.54) is 50.3 Å². The van der Waals surface area contributed by atoms with Crippen molar-refractivity contribution in [1.29, 1.82) is 0 Å². The number of nitrogens with zero attached hydrogens (tertiary/aromatic N) is 1. The first-order valence-electron chi connectivity index (χ1n) is 12.1. The Labute approximate surface area is 202 Å². The van der Waals surface area contributed by atoms with Gasteiger partial charge in [-0.1, -0.05) is 84.4 Å². The highest BCUT2D eigenvalue weighted by molar-refractivity contribution is 5.90.